The summed E-state index contributed by atoms with van der Waals surface area (Å²) in [6, 6.07) is 14.0. The minimum absolute atomic E-state index is 0.405. The predicted octanol–water partition coefficient (Wildman–Crippen LogP) is 5.16. The molecular formula is C20H17ClF2N2. The number of nitrogens with two attached hydrogens (primary N) is 1. The van der Waals surface area contributed by atoms with Gasteiger partial charge in [0.15, 0.2) is 0 Å². The lowest BCUT2D eigenvalue weighted by Gasteiger charge is -2.19. The molecule has 0 radical (unpaired) electrons. The van der Waals surface area contributed by atoms with E-state index in [0.29, 0.717) is 29.1 Å². The second kappa shape index (κ2) is 7.30. The van der Waals surface area contributed by atoms with Crippen molar-refractivity contribution in [1.82, 2.24) is 4.98 Å². The zero-order chi connectivity index (χ0) is 18.0. The quantitative estimate of drug-likeness (QED) is 0.654. The molecular weight excluding hydrogens is 342 g/mol. The van der Waals surface area contributed by atoms with Crippen LogP contribution in [0.15, 0.2) is 48.5 Å². The van der Waals surface area contributed by atoms with Gasteiger partial charge in [0.1, 0.15) is 0 Å². The highest BCUT2D eigenvalue weighted by Crippen LogP contribution is 2.41. The molecule has 1 aromatic heterocycles. The van der Waals surface area contributed by atoms with Crippen molar-refractivity contribution in [3.05, 3.63) is 76.6 Å². The van der Waals surface area contributed by atoms with Gasteiger partial charge in [-0.25, -0.2) is 0 Å². The van der Waals surface area contributed by atoms with E-state index in [0.717, 1.165) is 22.3 Å². The fourth-order valence-electron chi connectivity index (χ4n) is 3.06. The van der Waals surface area contributed by atoms with Crippen molar-refractivity contribution >= 4 is 11.6 Å². The van der Waals surface area contributed by atoms with Gasteiger partial charge in [0.05, 0.1) is 0 Å². The van der Waals surface area contributed by atoms with Gasteiger partial charge in [-0.3, -0.25) is 0 Å². The summed E-state index contributed by atoms with van der Waals surface area (Å²) in [5, 5.41) is 0.538. The van der Waals surface area contributed by atoms with Gasteiger partial charge in [0, 0.05) is 17.2 Å². The van der Waals surface area contributed by atoms with Crippen LogP contribution in [-0.2, 0) is 6.42 Å². The maximum atomic E-state index is 13.7. The van der Waals surface area contributed by atoms with E-state index in [1.54, 1.807) is 0 Å². The molecule has 0 amide bonds. The number of rotatable bonds is 4. The zero-order valence-corrected chi connectivity index (χ0v) is 14.4. The Bertz CT molecular complexity index is 891. The second-order valence-corrected chi connectivity index (χ2v) is 6.21. The Kier molecular flexibility index (Phi) is 5.11. The van der Waals surface area contributed by atoms with Crippen LogP contribution in [0, 0.1) is 18.8 Å². The van der Waals surface area contributed by atoms with Gasteiger partial charge in [-0.2, -0.15) is 13.8 Å². The Morgan fingerprint density at radius 1 is 0.960 bits per heavy atom. The zero-order valence-electron chi connectivity index (χ0n) is 13.7. The molecule has 25 heavy (non-hydrogen) atoms. The first kappa shape index (κ1) is 17.5. The van der Waals surface area contributed by atoms with Crippen LogP contribution in [0.1, 0.15) is 11.1 Å². The summed E-state index contributed by atoms with van der Waals surface area (Å²) in [7, 11) is 0. The van der Waals surface area contributed by atoms with E-state index in [2.05, 4.69) is 4.98 Å². The van der Waals surface area contributed by atoms with Gasteiger partial charge in [0.2, 0.25) is 11.9 Å². The molecule has 0 aliphatic heterocycles. The second-order valence-electron chi connectivity index (χ2n) is 5.80. The fraction of sp³-hybridized carbons (Fsp3) is 0.150. The normalized spacial score (nSPS) is 10.9. The van der Waals surface area contributed by atoms with E-state index >= 15 is 0 Å². The van der Waals surface area contributed by atoms with Gasteiger partial charge < -0.3 is 5.73 Å². The van der Waals surface area contributed by atoms with E-state index in [4.69, 9.17) is 17.3 Å². The fourth-order valence-corrected chi connectivity index (χ4v) is 3.28. The summed E-state index contributed by atoms with van der Waals surface area (Å²) in [4.78, 5) is 3.19. The van der Waals surface area contributed by atoms with Crippen LogP contribution in [-0.4, -0.2) is 11.5 Å². The smallest absolute Gasteiger partial charge is 0.216 e. The molecule has 0 unspecified atom stereocenters. The average Bonchev–Trinajstić information content (AvgIpc) is 2.57. The number of benzene rings is 2. The average molecular weight is 359 g/mol. The maximum absolute atomic E-state index is 13.7. The van der Waals surface area contributed by atoms with Crippen LogP contribution in [0.25, 0.3) is 22.3 Å². The summed E-state index contributed by atoms with van der Waals surface area (Å²) in [6.45, 7) is 2.28. The summed E-state index contributed by atoms with van der Waals surface area (Å²) >= 11 is 6.40. The first-order valence-corrected chi connectivity index (χ1v) is 8.30. The van der Waals surface area contributed by atoms with Crippen molar-refractivity contribution < 1.29 is 8.78 Å². The van der Waals surface area contributed by atoms with Crippen molar-refractivity contribution in [3.8, 4) is 22.3 Å². The molecule has 0 aliphatic carbocycles. The lowest BCUT2D eigenvalue weighted by molar-refractivity contribution is 0.513. The first-order valence-electron chi connectivity index (χ1n) is 7.92. The minimum Gasteiger partial charge on any atom is -0.330 e. The monoisotopic (exact) mass is 358 g/mol. The predicted molar refractivity (Wildman–Crippen MR) is 97.5 cm³/mol. The van der Waals surface area contributed by atoms with Gasteiger partial charge in [-0.1, -0.05) is 41.9 Å². The first-order chi connectivity index (χ1) is 12.0. The maximum Gasteiger partial charge on any atom is 0.216 e. The number of halogens is 3. The molecule has 0 saturated carbocycles. The Balaban J connectivity index is 2.39. The molecule has 0 fully saturated rings. The molecule has 2 N–H and O–H groups in total. The van der Waals surface area contributed by atoms with Crippen LogP contribution < -0.4 is 5.73 Å². The summed E-state index contributed by atoms with van der Waals surface area (Å²) in [6.07, 6.45) is 0.604. The Hall–Kier alpha value is -2.30. The van der Waals surface area contributed by atoms with E-state index in [1.165, 1.54) is 12.1 Å². The molecule has 0 bridgehead atoms. The molecule has 3 aromatic rings. The lowest BCUT2D eigenvalue weighted by Crippen LogP contribution is -2.06. The van der Waals surface area contributed by atoms with Crippen LogP contribution in [0.4, 0.5) is 8.78 Å². The molecule has 0 saturated heterocycles. The van der Waals surface area contributed by atoms with Crippen LogP contribution in [0.5, 0.6) is 0 Å². The molecule has 3 rings (SSSR count). The number of hydrogen-bond donors (Lipinski definition) is 1. The molecule has 2 aromatic carbocycles. The molecule has 0 spiro atoms. The molecule has 0 aliphatic rings. The molecule has 2 nitrogen and oxygen atoms in total. The van der Waals surface area contributed by atoms with Gasteiger partial charge in [0.25, 0.3) is 0 Å². The highest BCUT2D eigenvalue weighted by Gasteiger charge is 2.19. The number of aromatic nitrogens is 1. The largest absolute Gasteiger partial charge is 0.330 e. The summed E-state index contributed by atoms with van der Waals surface area (Å²) in [5.74, 6) is -1.73. The van der Waals surface area contributed by atoms with Crippen molar-refractivity contribution in [2.45, 2.75) is 13.3 Å². The third-order valence-corrected chi connectivity index (χ3v) is 4.53. The van der Waals surface area contributed by atoms with E-state index in [-0.39, 0.29) is 0 Å². The standard InChI is InChI=1S/C20H17ClF2N2/c1-12-16(21)9-14(7-8-24)20(13-5-3-2-4-6-13)19(12)15-10-17(22)25-18(23)11-15/h2-6,9-11H,7-8,24H2,1H3. The molecule has 1 heterocycles. The Morgan fingerprint density at radius 3 is 2.20 bits per heavy atom. The Morgan fingerprint density at radius 2 is 1.60 bits per heavy atom. The van der Waals surface area contributed by atoms with Crippen molar-refractivity contribution in [2.24, 2.45) is 5.73 Å². The number of nitrogens with zero attached hydrogens (tertiary/aromatic N) is 1. The molecule has 128 valence electrons. The summed E-state index contributed by atoms with van der Waals surface area (Å²) < 4.78 is 27.4. The molecule has 0 atom stereocenters. The minimum atomic E-state index is -0.867. The summed E-state index contributed by atoms with van der Waals surface area (Å²) in [5.41, 5.74) is 10.4. The van der Waals surface area contributed by atoms with Crippen molar-refractivity contribution in [1.29, 1.82) is 0 Å². The van der Waals surface area contributed by atoms with E-state index in [9.17, 15) is 8.78 Å². The third kappa shape index (κ3) is 3.55. The van der Waals surface area contributed by atoms with Crippen LogP contribution in [0.3, 0.4) is 0 Å². The highest BCUT2D eigenvalue weighted by atomic mass is 35.5. The van der Waals surface area contributed by atoms with Crippen molar-refractivity contribution in [2.75, 3.05) is 6.54 Å². The van der Waals surface area contributed by atoms with Crippen LogP contribution >= 0.6 is 11.6 Å². The highest BCUT2D eigenvalue weighted by molar-refractivity contribution is 6.32. The number of pyridine rings is 1. The van der Waals surface area contributed by atoms with Crippen LogP contribution in [0.2, 0.25) is 5.02 Å². The topological polar surface area (TPSA) is 38.9 Å². The van der Waals surface area contributed by atoms with Gasteiger partial charge >= 0.3 is 0 Å². The third-order valence-electron chi connectivity index (χ3n) is 4.13. The van der Waals surface area contributed by atoms with Crippen molar-refractivity contribution in [3.63, 3.8) is 0 Å². The Labute approximate surface area is 150 Å². The van der Waals surface area contributed by atoms with E-state index in [1.807, 2.05) is 43.3 Å². The number of hydrogen-bond acceptors (Lipinski definition) is 2. The SMILES string of the molecule is Cc1c(Cl)cc(CCN)c(-c2ccccc2)c1-c1cc(F)nc(F)c1. The molecule has 5 heteroatoms. The van der Waals surface area contributed by atoms with Gasteiger partial charge in [-0.15, -0.1) is 0 Å². The van der Waals surface area contributed by atoms with E-state index < -0.39 is 11.9 Å². The van der Waals surface area contributed by atoms with Gasteiger partial charge in [-0.05, 0) is 59.3 Å². The lowest BCUT2D eigenvalue weighted by atomic mass is 9.86.